The molecule has 0 heterocycles. The van der Waals surface area contributed by atoms with E-state index in [4.69, 9.17) is 11.6 Å². The van der Waals surface area contributed by atoms with Crippen LogP contribution in [0.3, 0.4) is 0 Å². The van der Waals surface area contributed by atoms with Crippen LogP contribution in [0.4, 0.5) is 0 Å². The van der Waals surface area contributed by atoms with Crippen LogP contribution in [0.25, 0.3) is 0 Å². The molecule has 0 aliphatic rings. The van der Waals surface area contributed by atoms with Crippen molar-refractivity contribution in [2.45, 2.75) is 10.6 Å². The first-order valence-electron chi connectivity index (χ1n) is 5.47. The summed E-state index contributed by atoms with van der Waals surface area (Å²) >= 11 is 10.8. The Bertz CT molecular complexity index is 616. The minimum atomic E-state index is -0.928. The van der Waals surface area contributed by atoms with E-state index in [2.05, 4.69) is 15.9 Å². The van der Waals surface area contributed by atoms with Crippen LogP contribution >= 0.6 is 39.3 Å². The molecule has 0 aromatic heterocycles. The molecule has 0 fully saturated rings. The molecular weight excluding hydrogens is 348 g/mol. The van der Waals surface area contributed by atoms with Gasteiger partial charge < -0.3 is 5.11 Å². The SMILES string of the molecule is O=C(O)c1cc(Br)ccc1SCc1ccccc1Cl. The summed E-state index contributed by atoms with van der Waals surface area (Å²) in [6.07, 6.45) is 0. The van der Waals surface area contributed by atoms with Crippen molar-refractivity contribution in [2.24, 2.45) is 0 Å². The number of thioether (sulfide) groups is 1. The van der Waals surface area contributed by atoms with Gasteiger partial charge in [0.25, 0.3) is 0 Å². The van der Waals surface area contributed by atoms with Crippen LogP contribution in [0.15, 0.2) is 51.8 Å². The summed E-state index contributed by atoms with van der Waals surface area (Å²) in [5.74, 6) is -0.287. The van der Waals surface area contributed by atoms with Crippen molar-refractivity contribution in [1.29, 1.82) is 0 Å². The largest absolute Gasteiger partial charge is 0.478 e. The first kappa shape index (κ1) is 14.4. The second kappa shape index (κ2) is 6.46. The fraction of sp³-hybridized carbons (Fsp3) is 0.0714. The van der Waals surface area contributed by atoms with E-state index in [-0.39, 0.29) is 0 Å². The van der Waals surface area contributed by atoms with Crippen molar-refractivity contribution < 1.29 is 9.90 Å². The maximum absolute atomic E-state index is 11.2. The summed E-state index contributed by atoms with van der Waals surface area (Å²) in [7, 11) is 0. The summed E-state index contributed by atoms with van der Waals surface area (Å²) in [6, 6.07) is 12.8. The van der Waals surface area contributed by atoms with Crippen molar-refractivity contribution in [2.75, 3.05) is 0 Å². The number of hydrogen-bond acceptors (Lipinski definition) is 2. The van der Waals surface area contributed by atoms with Crippen LogP contribution in [0, 0.1) is 0 Å². The van der Waals surface area contributed by atoms with Crippen LogP contribution in [0.5, 0.6) is 0 Å². The highest BCUT2D eigenvalue weighted by molar-refractivity contribution is 9.10. The molecule has 1 N–H and O–H groups in total. The van der Waals surface area contributed by atoms with Crippen molar-refractivity contribution in [1.82, 2.24) is 0 Å². The van der Waals surface area contributed by atoms with Gasteiger partial charge in [-0.3, -0.25) is 0 Å². The summed E-state index contributed by atoms with van der Waals surface area (Å²) in [6.45, 7) is 0. The van der Waals surface area contributed by atoms with Crippen molar-refractivity contribution in [3.8, 4) is 0 Å². The lowest BCUT2D eigenvalue weighted by molar-refractivity contribution is 0.0693. The van der Waals surface area contributed by atoms with Gasteiger partial charge in [0, 0.05) is 20.1 Å². The molecular formula is C14H10BrClO2S. The van der Waals surface area contributed by atoms with Gasteiger partial charge in [0.1, 0.15) is 0 Å². The maximum Gasteiger partial charge on any atom is 0.336 e. The predicted octanol–water partition coefficient (Wildman–Crippen LogP) is 5.09. The first-order chi connectivity index (χ1) is 9.08. The zero-order valence-electron chi connectivity index (χ0n) is 9.77. The van der Waals surface area contributed by atoms with Gasteiger partial charge in [-0.1, -0.05) is 45.7 Å². The number of carbonyl (C=O) groups is 1. The van der Waals surface area contributed by atoms with E-state index in [1.165, 1.54) is 11.8 Å². The molecule has 2 rings (SSSR count). The molecule has 5 heteroatoms. The van der Waals surface area contributed by atoms with Crippen LogP contribution in [0.1, 0.15) is 15.9 Å². The van der Waals surface area contributed by atoms with E-state index < -0.39 is 5.97 Å². The number of halogens is 2. The fourth-order valence-corrected chi connectivity index (χ4v) is 3.24. The second-order valence-corrected chi connectivity index (χ2v) is 6.17. The van der Waals surface area contributed by atoms with E-state index >= 15 is 0 Å². The van der Waals surface area contributed by atoms with Gasteiger partial charge in [0.05, 0.1) is 5.56 Å². The molecule has 98 valence electrons. The van der Waals surface area contributed by atoms with E-state index in [1.54, 1.807) is 12.1 Å². The molecule has 0 atom stereocenters. The minimum absolute atomic E-state index is 0.298. The number of carboxylic acid groups (broad SMARTS) is 1. The molecule has 0 saturated carbocycles. The third-order valence-corrected chi connectivity index (χ3v) is 4.50. The number of aromatic carboxylic acids is 1. The first-order valence-corrected chi connectivity index (χ1v) is 7.62. The Morgan fingerprint density at radius 2 is 2.00 bits per heavy atom. The molecule has 0 radical (unpaired) electrons. The van der Waals surface area contributed by atoms with E-state index in [1.807, 2.05) is 30.3 Å². The summed E-state index contributed by atoms with van der Waals surface area (Å²) < 4.78 is 0.756. The standard InChI is InChI=1S/C14H10BrClO2S/c15-10-5-6-13(11(7-10)14(17)18)19-8-9-3-1-2-4-12(9)16/h1-7H,8H2,(H,17,18). The van der Waals surface area contributed by atoms with Crippen molar-refractivity contribution >= 4 is 45.3 Å². The Hall–Kier alpha value is -0.970. The zero-order valence-corrected chi connectivity index (χ0v) is 12.9. The number of rotatable bonds is 4. The summed E-state index contributed by atoms with van der Waals surface area (Å²) in [4.78, 5) is 11.9. The van der Waals surface area contributed by atoms with Crippen molar-refractivity contribution in [3.05, 3.63) is 63.1 Å². The van der Waals surface area contributed by atoms with E-state index in [0.29, 0.717) is 16.3 Å². The molecule has 2 aromatic carbocycles. The van der Waals surface area contributed by atoms with Gasteiger partial charge in [-0.25, -0.2) is 4.79 Å². The lowest BCUT2D eigenvalue weighted by atomic mass is 10.2. The lowest BCUT2D eigenvalue weighted by Gasteiger charge is -2.07. The summed E-state index contributed by atoms with van der Waals surface area (Å²) in [5.41, 5.74) is 1.29. The fourth-order valence-electron chi connectivity index (χ4n) is 1.57. The normalized spacial score (nSPS) is 10.4. The molecule has 0 saturated heterocycles. The molecule has 2 nitrogen and oxygen atoms in total. The Labute approximate surface area is 128 Å². The third-order valence-electron chi connectivity index (χ3n) is 2.51. The van der Waals surface area contributed by atoms with Gasteiger partial charge in [-0.15, -0.1) is 11.8 Å². The molecule has 0 unspecified atom stereocenters. The molecule has 19 heavy (non-hydrogen) atoms. The highest BCUT2D eigenvalue weighted by atomic mass is 79.9. The maximum atomic E-state index is 11.2. The van der Waals surface area contributed by atoms with Gasteiger partial charge in [0.2, 0.25) is 0 Å². The quantitative estimate of drug-likeness (QED) is 0.774. The van der Waals surface area contributed by atoms with Gasteiger partial charge in [0.15, 0.2) is 0 Å². The third kappa shape index (κ3) is 3.75. The molecule has 2 aromatic rings. The van der Waals surface area contributed by atoms with Crippen LogP contribution in [-0.2, 0) is 5.75 Å². The lowest BCUT2D eigenvalue weighted by Crippen LogP contribution is -1.99. The highest BCUT2D eigenvalue weighted by Gasteiger charge is 2.11. The van der Waals surface area contributed by atoms with Gasteiger partial charge in [-0.2, -0.15) is 0 Å². The predicted molar refractivity (Wildman–Crippen MR) is 82.1 cm³/mol. The Kier molecular flexibility index (Phi) is 4.91. The number of hydrogen-bond donors (Lipinski definition) is 1. The van der Waals surface area contributed by atoms with Gasteiger partial charge in [-0.05, 0) is 29.8 Å². The zero-order chi connectivity index (χ0) is 13.8. The highest BCUT2D eigenvalue weighted by Crippen LogP contribution is 2.30. The van der Waals surface area contributed by atoms with Crippen LogP contribution in [0.2, 0.25) is 5.02 Å². The van der Waals surface area contributed by atoms with Crippen LogP contribution in [-0.4, -0.2) is 11.1 Å². The average Bonchev–Trinajstić information content (AvgIpc) is 2.38. The number of benzene rings is 2. The monoisotopic (exact) mass is 356 g/mol. The Morgan fingerprint density at radius 1 is 1.26 bits per heavy atom. The van der Waals surface area contributed by atoms with Crippen molar-refractivity contribution in [3.63, 3.8) is 0 Å². The molecule has 0 aliphatic heterocycles. The molecule has 0 spiro atoms. The smallest absolute Gasteiger partial charge is 0.336 e. The molecule has 0 aliphatic carbocycles. The van der Waals surface area contributed by atoms with E-state index in [9.17, 15) is 9.90 Å². The topological polar surface area (TPSA) is 37.3 Å². The Morgan fingerprint density at radius 3 is 2.68 bits per heavy atom. The Balaban J connectivity index is 2.20. The molecule has 0 bridgehead atoms. The summed E-state index contributed by atoms with van der Waals surface area (Å²) in [5, 5.41) is 9.88. The molecule has 0 amide bonds. The second-order valence-electron chi connectivity index (χ2n) is 3.83. The minimum Gasteiger partial charge on any atom is -0.478 e. The van der Waals surface area contributed by atoms with Crippen LogP contribution < -0.4 is 0 Å². The van der Waals surface area contributed by atoms with E-state index in [0.717, 1.165) is 14.9 Å². The van der Waals surface area contributed by atoms with Gasteiger partial charge >= 0.3 is 5.97 Å². The number of carboxylic acids is 1. The average molecular weight is 358 g/mol.